The summed E-state index contributed by atoms with van der Waals surface area (Å²) >= 11 is 0. The van der Waals surface area contributed by atoms with E-state index in [4.69, 9.17) is 5.11 Å². The van der Waals surface area contributed by atoms with Gasteiger partial charge >= 0.3 is 0 Å². The van der Waals surface area contributed by atoms with Crippen molar-refractivity contribution in [2.45, 2.75) is 26.0 Å². The van der Waals surface area contributed by atoms with Gasteiger partial charge in [0.05, 0.1) is 13.2 Å². The number of likely N-dealkylation sites (N-methyl/N-ethyl adjacent to an activating group) is 1. The molecule has 0 saturated carbocycles. The number of likely N-dealkylation sites (tertiary alicyclic amines) is 1. The third-order valence-electron chi connectivity index (χ3n) is 4.95. The van der Waals surface area contributed by atoms with Crippen LogP contribution in [0.15, 0.2) is 48.8 Å². The molecule has 0 aliphatic carbocycles. The van der Waals surface area contributed by atoms with Crippen molar-refractivity contribution < 1.29 is 9.90 Å². The third kappa shape index (κ3) is 5.13. The molecule has 26 heavy (non-hydrogen) atoms. The molecule has 0 spiro atoms. The molecule has 2 heterocycles. The zero-order chi connectivity index (χ0) is 18.4. The average Bonchev–Trinajstić information content (AvgIpc) is 3.12. The molecule has 5 nitrogen and oxygen atoms in total. The molecule has 0 unspecified atom stereocenters. The summed E-state index contributed by atoms with van der Waals surface area (Å²) in [6.45, 7) is 2.93. The molecule has 5 heteroatoms. The summed E-state index contributed by atoms with van der Waals surface area (Å²) in [5, 5.41) is 9.12. The quantitative estimate of drug-likeness (QED) is 0.828. The van der Waals surface area contributed by atoms with E-state index in [-0.39, 0.29) is 12.5 Å². The average molecular weight is 353 g/mol. The number of hydrogen-bond acceptors (Lipinski definition) is 4. The molecule has 0 radical (unpaired) electrons. The van der Waals surface area contributed by atoms with E-state index >= 15 is 0 Å². The Kier molecular flexibility index (Phi) is 6.36. The second-order valence-corrected chi connectivity index (χ2v) is 7.21. The molecule has 1 aliphatic heterocycles. The fraction of sp³-hybridized carbons (Fsp3) is 0.429. The maximum atomic E-state index is 12.6. The maximum Gasteiger partial charge on any atom is 0.236 e. The molecule has 2 aromatic rings. The molecular weight excluding hydrogens is 326 g/mol. The Labute approximate surface area is 155 Å². The van der Waals surface area contributed by atoms with Gasteiger partial charge in [-0.2, -0.15) is 0 Å². The van der Waals surface area contributed by atoms with Crippen LogP contribution in [-0.2, 0) is 24.4 Å². The van der Waals surface area contributed by atoms with Crippen molar-refractivity contribution in [2.75, 3.05) is 26.7 Å². The van der Waals surface area contributed by atoms with Crippen molar-refractivity contribution >= 4 is 5.91 Å². The minimum atomic E-state index is 0.0819. The van der Waals surface area contributed by atoms with Gasteiger partial charge in [-0.15, -0.1) is 0 Å². The maximum absolute atomic E-state index is 12.6. The van der Waals surface area contributed by atoms with Crippen LogP contribution >= 0.6 is 0 Å². The second-order valence-electron chi connectivity index (χ2n) is 7.21. The highest BCUT2D eigenvalue weighted by molar-refractivity contribution is 5.78. The number of aliphatic hydroxyl groups is 1. The van der Waals surface area contributed by atoms with Crippen molar-refractivity contribution in [1.82, 2.24) is 14.8 Å². The number of hydrogen-bond donors (Lipinski definition) is 1. The summed E-state index contributed by atoms with van der Waals surface area (Å²) in [4.78, 5) is 20.7. The van der Waals surface area contributed by atoms with E-state index < -0.39 is 0 Å². The Morgan fingerprint density at radius 2 is 2.00 bits per heavy atom. The van der Waals surface area contributed by atoms with Crippen LogP contribution in [0.1, 0.15) is 23.1 Å². The lowest BCUT2D eigenvalue weighted by Crippen LogP contribution is -2.37. The van der Waals surface area contributed by atoms with Crippen molar-refractivity contribution in [1.29, 1.82) is 0 Å². The van der Waals surface area contributed by atoms with Gasteiger partial charge in [-0.3, -0.25) is 14.7 Å². The summed E-state index contributed by atoms with van der Waals surface area (Å²) in [6.07, 6.45) is 5.64. The lowest BCUT2D eigenvalue weighted by atomic mass is 9.98. The zero-order valence-electron chi connectivity index (χ0n) is 15.3. The molecule has 1 aliphatic rings. The number of aromatic nitrogens is 1. The SMILES string of the molecule is CN(CC(=O)N1CC[C@@H](Cc2ccc(CO)cc2)C1)Cc1cccnc1. The molecule has 1 fully saturated rings. The molecule has 1 atom stereocenters. The molecule has 1 aromatic carbocycles. The summed E-state index contributed by atoms with van der Waals surface area (Å²) in [7, 11) is 1.97. The van der Waals surface area contributed by atoms with E-state index in [1.165, 1.54) is 5.56 Å². The molecule has 138 valence electrons. The number of carbonyl (C=O) groups excluding carboxylic acids is 1. The fourth-order valence-corrected chi connectivity index (χ4v) is 3.53. The summed E-state index contributed by atoms with van der Waals surface area (Å²) < 4.78 is 0. The van der Waals surface area contributed by atoms with Gasteiger partial charge in [0.1, 0.15) is 0 Å². The van der Waals surface area contributed by atoms with E-state index in [0.29, 0.717) is 12.5 Å². The topological polar surface area (TPSA) is 56.7 Å². The summed E-state index contributed by atoms with van der Waals surface area (Å²) in [6, 6.07) is 12.1. The lowest BCUT2D eigenvalue weighted by molar-refractivity contribution is -0.131. The van der Waals surface area contributed by atoms with Crippen LogP contribution in [0.2, 0.25) is 0 Å². The first-order chi connectivity index (χ1) is 12.6. The number of aliphatic hydroxyl groups excluding tert-OH is 1. The Hall–Kier alpha value is -2.24. The number of pyridine rings is 1. The first kappa shape index (κ1) is 18.5. The zero-order valence-corrected chi connectivity index (χ0v) is 15.3. The van der Waals surface area contributed by atoms with Crippen LogP contribution in [-0.4, -0.2) is 52.5 Å². The van der Waals surface area contributed by atoms with Crippen LogP contribution in [0.4, 0.5) is 0 Å². The molecule has 1 aromatic heterocycles. The van der Waals surface area contributed by atoms with Crippen molar-refractivity contribution in [3.63, 3.8) is 0 Å². The number of amides is 1. The summed E-state index contributed by atoms with van der Waals surface area (Å²) in [5.74, 6) is 0.720. The van der Waals surface area contributed by atoms with E-state index in [9.17, 15) is 4.79 Å². The first-order valence-electron chi connectivity index (χ1n) is 9.18. The lowest BCUT2D eigenvalue weighted by Gasteiger charge is -2.21. The predicted molar refractivity (Wildman–Crippen MR) is 101 cm³/mol. The van der Waals surface area contributed by atoms with Crippen LogP contribution < -0.4 is 0 Å². The predicted octanol–water partition coefficient (Wildman–Crippen LogP) is 2.10. The highest BCUT2D eigenvalue weighted by atomic mass is 16.3. The van der Waals surface area contributed by atoms with Gasteiger partial charge in [0.25, 0.3) is 0 Å². The first-order valence-corrected chi connectivity index (χ1v) is 9.18. The minimum absolute atomic E-state index is 0.0819. The highest BCUT2D eigenvalue weighted by Gasteiger charge is 2.26. The second kappa shape index (κ2) is 8.92. The smallest absolute Gasteiger partial charge is 0.236 e. The standard InChI is InChI=1S/C21H27N3O2/c1-23(13-20-3-2-9-22-12-20)15-21(26)24-10-8-19(14-24)11-17-4-6-18(16-25)7-5-17/h2-7,9,12,19,25H,8,10-11,13-16H2,1H3/t19-/m0/s1. The molecule has 1 amide bonds. The Morgan fingerprint density at radius 1 is 1.23 bits per heavy atom. The molecule has 3 rings (SSSR count). The fourth-order valence-electron chi connectivity index (χ4n) is 3.53. The highest BCUT2D eigenvalue weighted by Crippen LogP contribution is 2.21. The largest absolute Gasteiger partial charge is 0.392 e. The van der Waals surface area contributed by atoms with Gasteiger partial charge in [0.2, 0.25) is 5.91 Å². The normalized spacial score (nSPS) is 17.0. The molecule has 0 bridgehead atoms. The molecule has 1 saturated heterocycles. The van der Waals surface area contributed by atoms with Crippen LogP contribution in [0.3, 0.4) is 0 Å². The van der Waals surface area contributed by atoms with Crippen LogP contribution in [0.5, 0.6) is 0 Å². The van der Waals surface area contributed by atoms with Crippen molar-refractivity contribution in [3.8, 4) is 0 Å². The van der Waals surface area contributed by atoms with Gasteiger partial charge in [0.15, 0.2) is 0 Å². The van der Waals surface area contributed by atoms with Crippen LogP contribution in [0, 0.1) is 5.92 Å². The van der Waals surface area contributed by atoms with Crippen molar-refractivity contribution in [3.05, 3.63) is 65.5 Å². The van der Waals surface area contributed by atoms with E-state index in [1.54, 1.807) is 6.20 Å². The molecule has 1 N–H and O–H groups in total. The van der Waals surface area contributed by atoms with E-state index in [2.05, 4.69) is 17.1 Å². The third-order valence-corrected chi connectivity index (χ3v) is 4.95. The number of carbonyl (C=O) groups is 1. The van der Waals surface area contributed by atoms with Gasteiger partial charge < -0.3 is 10.0 Å². The monoisotopic (exact) mass is 353 g/mol. The van der Waals surface area contributed by atoms with Gasteiger partial charge in [0, 0.05) is 32.0 Å². The Balaban J connectivity index is 1.45. The van der Waals surface area contributed by atoms with Gasteiger partial charge in [-0.05, 0) is 48.6 Å². The molecular formula is C21H27N3O2. The van der Waals surface area contributed by atoms with Gasteiger partial charge in [-0.1, -0.05) is 30.3 Å². The number of nitrogens with zero attached hydrogens (tertiary/aromatic N) is 3. The Morgan fingerprint density at radius 3 is 2.69 bits per heavy atom. The number of rotatable bonds is 7. The van der Waals surface area contributed by atoms with E-state index in [1.807, 2.05) is 47.3 Å². The summed E-state index contributed by atoms with van der Waals surface area (Å²) in [5.41, 5.74) is 3.33. The Bertz CT molecular complexity index is 703. The van der Waals surface area contributed by atoms with E-state index in [0.717, 1.165) is 43.6 Å². The number of benzene rings is 1. The van der Waals surface area contributed by atoms with Crippen molar-refractivity contribution in [2.24, 2.45) is 5.92 Å². The van der Waals surface area contributed by atoms with Gasteiger partial charge in [-0.25, -0.2) is 0 Å². The van der Waals surface area contributed by atoms with Crippen LogP contribution in [0.25, 0.3) is 0 Å². The minimum Gasteiger partial charge on any atom is -0.392 e.